The lowest BCUT2D eigenvalue weighted by Gasteiger charge is -2.30. The molecule has 1 aliphatic rings. The molecule has 4 nitrogen and oxygen atoms in total. The molecule has 1 amide bonds. The molecule has 120 valence electrons. The molecule has 23 heavy (non-hydrogen) atoms. The molecule has 1 aromatic carbocycles. The molecule has 1 aromatic heterocycles. The van der Waals surface area contributed by atoms with Crippen molar-refractivity contribution in [3.63, 3.8) is 0 Å². The van der Waals surface area contributed by atoms with E-state index < -0.39 is 0 Å². The van der Waals surface area contributed by atoms with Crippen LogP contribution in [-0.2, 0) is 0 Å². The van der Waals surface area contributed by atoms with Crippen molar-refractivity contribution in [2.24, 2.45) is 0 Å². The molecule has 2 aromatic rings. The molecule has 0 saturated carbocycles. The number of nitrogens with one attached hydrogen (secondary N) is 1. The van der Waals surface area contributed by atoms with Crippen molar-refractivity contribution in [1.82, 2.24) is 4.98 Å². The van der Waals surface area contributed by atoms with Gasteiger partial charge in [-0.1, -0.05) is 12.1 Å². The second-order valence-corrected chi connectivity index (χ2v) is 6.43. The largest absolute Gasteiger partial charge is 0.370 e. The van der Waals surface area contributed by atoms with Gasteiger partial charge in [0.1, 0.15) is 0 Å². The minimum atomic E-state index is -0.0906. The van der Waals surface area contributed by atoms with Gasteiger partial charge in [0.25, 0.3) is 5.91 Å². The predicted octanol–water partition coefficient (Wildman–Crippen LogP) is 4.05. The molecule has 1 aliphatic heterocycles. The number of carbonyl (C=O) groups is 1. The maximum atomic E-state index is 12.6. The van der Waals surface area contributed by atoms with E-state index in [2.05, 4.69) is 21.3 Å². The third kappa shape index (κ3) is 3.85. The Balaban J connectivity index is 1.80. The Kier molecular flexibility index (Phi) is 5.18. The fourth-order valence-electron chi connectivity index (χ4n) is 2.85. The van der Waals surface area contributed by atoms with E-state index in [-0.39, 0.29) is 5.91 Å². The highest BCUT2D eigenvalue weighted by Crippen LogP contribution is 2.28. The van der Waals surface area contributed by atoms with Crippen LogP contribution in [0.1, 0.15) is 29.6 Å². The first-order chi connectivity index (χ1) is 11.3. The summed E-state index contributed by atoms with van der Waals surface area (Å²) in [5.41, 5.74) is 2.62. The number of hydrogen-bond acceptors (Lipinski definition) is 4. The van der Waals surface area contributed by atoms with Crippen LogP contribution in [0.5, 0.6) is 0 Å². The zero-order chi connectivity index (χ0) is 16.1. The number of para-hydroxylation sites is 2. The number of aromatic nitrogens is 1. The summed E-state index contributed by atoms with van der Waals surface area (Å²) < 4.78 is 0. The molecule has 5 heteroatoms. The van der Waals surface area contributed by atoms with Gasteiger partial charge in [-0.05, 0) is 49.8 Å². The highest BCUT2D eigenvalue weighted by molar-refractivity contribution is 7.98. The van der Waals surface area contributed by atoms with Crippen LogP contribution in [0.15, 0.2) is 47.6 Å². The van der Waals surface area contributed by atoms with Gasteiger partial charge in [0.05, 0.1) is 16.4 Å². The standard InChI is InChI=1S/C18H21N3OS/c1-23-17-13-14(9-10-19-17)18(22)20-15-7-3-4-8-16(15)21-11-5-2-6-12-21/h3-4,7-10,13H,2,5-6,11-12H2,1H3,(H,20,22). The van der Waals surface area contributed by atoms with Gasteiger partial charge >= 0.3 is 0 Å². The van der Waals surface area contributed by atoms with E-state index in [1.54, 1.807) is 12.3 Å². The number of piperidine rings is 1. The number of rotatable bonds is 4. The van der Waals surface area contributed by atoms with E-state index in [0.717, 1.165) is 29.5 Å². The second kappa shape index (κ2) is 7.51. The minimum Gasteiger partial charge on any atom is -0.370 e. The third-order valence-electron chi connectivity index (χ3n) is 4.06. The third-order valence-corrected chi connectivity index (χ3v) is 4.70. The van der Waals surface area contributed by atoms with Gasteiger partial charge in [-0.2, -0.15) is 0 Å². The lowest BCUT2D eigenvalue weighted by atomic mass is 10.1. The first-order valence-corrected chi connectivity index (χ1v) is 9.16. The van der Waals surface area contributed by atoms with Gasteiger partial charge in [-0.3, -0.25) is 4.79 Å². The highest BCUT2D eigenvalue weighted by atomic mass is 32.2. The number of amides is 1. The molecule has 2 heterocycles. The Morgan fingerprint density at radius 3 is 2.74 bits per heavy atom. The van der Waals surface area contributed by atoms with Crippen LogP contribution < -0.4 is 10.2 Å². The molecular formula is C18H21N3OS. The van der Waals surface area contributed by atoms with E-state index in [9.17, 15) is 4.79 Å². The van der Waals surface area contributed by atoms with Gasteiger partial charge in [-0.15, -0.1) is 11.8 Å². The zero-order valence-electron chi connectivity index (χ0n) is 13.3. The SMILES string of the molecule is CSc1cc(C(=O)Nc2ccccc2N2CCCCC2)ccn1. The minimum absolute atomic E-state index is 0.0906. The lowest BCUT2D eigenvalue weighted by Crippen LogP contribution is -2.30. The van der Waals surface area contributed by atoms with E-state index >= 15 is 0 Å². The second-order valence-electron chi connectivity index (χ2n) is 5.61. The Bertz CT molecular complexity index is 683. The molecular weight excluding hydrogens is 306 g/mol. The maximum Gasteiger partial charge on any atom is 0.255 e. The van der Waals surface area contributed by atoms with Crippen molar-refractivity contribution < 1.29 is 4.79 Å². The quantitative estimate of drug-likeness (QED) is 0.861. The van der Waals surface area contributed by atoms with Crippen molar-refractivity contribution in [3.05, 3.63) is 48.2 Å². The summed E-state index contributed by atoms with van der Waals surface area (Å²) in [6.07, 6.45) is 7.35. The molecule has 0 radical (unpaired) electrons. The van der Waals surface area contributed by atoms with Crippen molar-refractivity contribution in [2.75, 3.05) is 29.6 Å². The number of benzene rings is 1. The fourth-order valence-corrected chi connectivity index (χ4v) is 3.26. The van der Waals surface area contributed by atoms with Gasteiger partial charge in [0.15, 0.2) is 0 Å². The molecule has 1 N–H and O–H groups in total. The molecule has 0 aliphatic carbocycles. The van der Waals surface area contributed by atoms with Crippen LogP contribution >= 0.6 is 11.8 Å². The van der Waals surface area contributed by atoms with E-state index in [4.69, 9.17) is 0 Å². The Hall–Kier alpha value is -2.01. The highest BCUT2D eigenvalue weighted by Gasteiger charge is 2.16. The summed E-state index contributed by atoms with van der Waals surface area (Å²) in [5.74, 6) is -0.0906. The first kappa shape index (κ1) is 15.9. The van der Waals surface area contributed by atoms with Crippen LogP contribution in [0.3, 0.4) is 0 Å². The fraction of sp³-hybridized carbons (Fsp3) is 0.333. The average Bonchev–Trinajstić information content (AvgIpc) is 2.63. The van der Waals surface area contributed by atoms with Crippen LogP contribution in [0.2, 0.25) is 0 Å². The smallest absolute Gasteiger partial charge is 0.255 e. The number of carbonyl (C=O) groups excluding carboxylic acids is 1. The predicted molar refractivity (Wildman–Crippen MR) is 96.5 cm³/mol. The van der Waals surface area contributed by atoms with Crippen molar-refractivity contribution >= 4 is 29.0 Å². The molecule has 1 saturated heterocycles. The van der Waals surface area contributed by atoms with Crippen molar-refractivity contribution in [1.29, 1.82) is 0 Å². The summed E-state index contributed by atoms with van der Waals surface area (Å²) in [5, 5.41) is 3.91. The van der Waals surface area contributed by atoms with Gasteiger partial charge in [0.2, 0.25) is 0 Å². The Labute approximate surface area is 141 Å². The van der Waals surface area contributed by atoms with Crippen LogP contribution in [0, 0.1) is 0 Å². The van der Waals surface area contributed by atoms with Gasteiger partial charge < -0.3 is 10.2 Å². The van der Waals surface area contributed by atoms with E-state index in [1.807, 2.05) is 30.5 Å². The summed E-state index contributed by atoms with van der Waals surface area (Å²) in [4.78, 5) is 19.1. The number of hydrogen-bond donors (Lipinski definition) is 1. The number of nitrogens with zero attached hydrogens (tertiary/aromatic N) is 2. The number of pyridine rings is 1. The molecule has 1 fully saturated rings. The van der Waals surface area contributed by atoms with Gasteiger partial charge in [-0.25, -0.2) is 4.98 Å². The van der Waals surface area contributed by atoms with E-state index in [0.29, 0.717) is 5.56 Å². The summed E-state index contributed by atoms with van der Waals surface area (Å²) in [6.45, 7) is 2.11. The maximum absolute atomic E-state index is 12.6. The molecule has 0 spiro atoms. The molecule has 0 atom stereocenters. The number of thioether (sulfide) groups is 1. The van der Waals surface area contributed by atoms with Crippen LogP contribution in [0.4, 0.5) is 11.4 Å². The first-order valence-electron chi connectivity index (χ1n) is 7.93. The topological polar surface area (TPSA) is 45.2 Å². The zero-order valence-corrected chi connectivity index (χ0v) is 14.1. The Morgan fingerprint density at radius 1 is 1.17 bits per heavy atom. The lowest BCUT2D eigenvalue weighted by molar-refractivity contribution is 0.102. The Morgan fingerprint density at radius 2 is 1.96 bits per heavy atom. The van der Waals surface area contributed by atoms with Crippen LogP contribution in [-0.4, -0.2) is 30.2 Å². The molecule has 0 bridgehead atoms. The normalized spacial score (nSPS) is 14.6. The van der Waals surface area contributed by atoms with Gasteiger partial charge in [0, 0.05) is 24.8 Å². The molecule has 0 unspecified atom stereocenters. The summed E-state index contributed by atoms with van der Waals surface area (Å²) in [7, 11) is 0. The van der Waals surface area contributed by atoms with Crippen molar-refractivity contribution in [2.45, 2.75) is 24.3 Å². The monoisotopic (exact) mass is 327 g/mol. The van der Waals surface area contributed by atoms with E-state index in [1.165, 1.54) is 31.0 Å². The summed E-state index contributed by atoms with van der Waals surface area (Å²) in [6, 6.07) is 11.6. The molecule has 3 rings (SSSR count). The van der Waals surface area contributed by atoms with Crippen molar-refractivity contribution in [3.8, 4) is 0 Å². The summed E-state index contributed by atoms with van der Waals surface area (Å²) >= 11 is 1.53. The van der Waals surface area contributed by atoms with Crippen LogP contribution in [0.25, 0.3) is 0 Å². The average molecular weight is 327 g/mol. The number of anilines is 2.